The lowest BCUT2D eigenvalue weighted by Gasteiger charge is -2.33. The van der Waals surface area contributed by atoms with E-state index in [0.717, 1.165) is 59.8 Å². The highest BCUT2D eigenvalue weighted by molar-refractivity contribution is 8.00. The number of thiazole rings is 1. The van der Waals surface area contributed by atoms with Crippen LogP contribution in [0, 0.1) is 17.5 Å². The molecule has 1 aliphatic heterocycles. The zero-order chi connectivity index (χ0) is 32.2. The third-order valence-corrected chi connectivity index (χ3v) is 10.2. The van der Waals surface area contributed by atoms with Crippen molar-refractivity contribution >= 4 is 63.5 Å². The number of hydrogen-bond acceptors (Lipinski definition) is 12. The number of halogens is 3. The fourth-order valence-corrected chi connectivity index (χ4v) is 6.94. The Morgan fingerprint density at radius 1 is 0.891 bits per heavy atom. The summed E-state index contributed by atoms with van der Waals surface area (Å²) in [5.74, 6) is -0.742. The number of rotatable bonds is 10. The normalized spacial score (nSPS) is 13.6. The zero-order valence-corrected chi connectivity index (χ0v) is 27.6. The lowest BCUT2D eigenvalue weighted by atomic mass is 10.1. The fourth-order valence-electron chi connectivity index (χ4n) is 4.73. The minimum atomic E-state index is -0.740. The Kier molecular flexibility index (Phi) is 9.82. The van der Waals surface area contributed by atoms with Gasteiger partial charge in [-0.15, -0.1) is 0 Å². The van der Waals surface area contributed by atoms with Crippen LogP contribution in [0.1, 0.15) is 0 Å². The molecule has 0 aliphatic carbocycles. The molecule has 15 heteroatoms. The van der Waals surface area contributed by atoms with Crippen molar-refractivity contribution in [2.45, 2.75) is 4.90 Å². The summed E-state index contributed by atoms with van der Waals surface area (Å²) in [5.41, 5.74) is 2.61. The van der Waals surface area contributed by atoms with E-state index in [-0.39, 0.29) is 10.6 Å². The van der Waals surface area contributed by atoms with Crippen molar-refractivity contribution in [3.63, 3.8) is 0 Å². The highest BCUT2D eigenvalue weighted by atomic mass is 32.2. The van der Waals surface area contributed by atoms with Gasteiger partial charge in [0, 0.05) is 52.0 Å². The molecule has 0 atom stereocenters. The molecule has 1 fully saturated rings. The molecule has 0 radical (unpaired) electrons. The van der Waals surface area contributed by atoms with Crippen LogP contribution in [-0.2, 0) is 0 Å². The van der Waals surface area contributed by atoms with Crippen molar-refractivity contribution in [2.75, 3.05) is 66.4 Å². The number of hydrogen-bond donors (Lipinski definition) is 2. The Morgan fingerprint density at radius 3 is 2.37 bits per heavy atom. The molecule has 1 saturated heterocycles. The molecule has 46 heavy (non-hydrogen) atoms. The summed E-state index contributed by atoms with van der Waals surface area (Å²) in [4.78, 5) is 23.3. The zero-order valence-electron chi connectivity index (χ0n) is 25.2. The molecule has 3 aromatic heterocycles. The van der Waals surface area contributed by atoms with E-state index in [0.29, 0.717) is 34.8 Å². The van der Waals surface area contributed by atoms with Crippen molar-refractivity contribution in [1.82, 2.24) is 24.2 Å². The Labute approximate surface area is 277 Å². The largest absolute Gasteiger partial charge is 0.354 e. The van der Waals surface area contributed by atoms with Crippen LogP contribution < -0.4 is 19.8 Å². The van der Waals surface area contributed by atoms with Crippen LogP contribution >= 0.6 is 35.2 Å². The highest BCUT2D eigenvalue weighted by Crippen LogP contribution is 2.41. The van der Waals surface area contributed by atoms with Gasteiger partial charge in [-0.3, -0.25) is 0 Å². The maximum Gasteiger partial charge on any atom is 0.227 e. The first kappa shape index (κ1) is 31.9. The summed E-state index contributed by atoms with van der Waals surface area (Å²) in [6.45, 7) is 3.82. The molecule has 1 aliphatic rings. The summed E-state index contributed by atoms with van der Waals surface area (Å²) in [5, 5.41) is 3.96. The monoisotopic (exact) mass is 681 g/mol. The first-order valence-corrected chi connectivity index (χ1v) is 17.1. The predicted molar refractivity (Wildman–Crippen MR) is 184 cm³/mol. The minimum Gasteiger partial charge on any atom is -0.354 e. The van der Waals surface area contributed by atoms with Gasteiger partial charge in [-0.1, -0.05) is 29.4 Å². The van der Waals surface area contributed by atoms with E-state index in [1.54, 1.807) is 42.5 Å². The third kappa shape index (κ3) is 7.17. The number of nitrogens with one attached hydrogen (secondary N) is 2. The molecule has 238 valence electrons. The second-order valence-electron chi connectivity index (χ2n) is 10.4. The summed E-state index contributed by atoms with van der Waals surface area (Å²) in [6, 6.07) is 13.8. The van der Waals surface area contributed by atoms with E-state index in [9.17, 15) is 13.2 Å². The van der Waals surface area contributed by atoms with Crippen LogP contribution in [0.2, 0.25) is 0 Å². The topological polar surface area (TPSA) is 85.3 Å². The van der Waals surface area contributed by atoms with E-state index in [1.165, 1.54) is 23.5 Å². The first-order chi connectivity index (χ1) is 22.3. The highest BCUT2D eigenvalue weighted by Gasteiger charge is 2.21. The van der Waals surface area contributed by atoms with Crippen LogP contribution in [0.4, 0.5) is 41.4 Å². The first-order valence-electron chi connectivity index (χ1n) is 14.2. The van der Waals surface area contributed by atoms with Gasteiger partial charge in [-0.05, 0) is 66.7 Å². The third-order valence-electron chi connectivity index (χ3n) is 7.13. The Balaban J connectivity index is 1.24. The van der Waals surface area contributed by atoms with Crippen molar-refractivity contribution in [1.29, 1.82) is 0 Å². The molecule has 0 amide bonds. The lowest BCUT2D eigenvalue weighted by molar-refractivity contribution is 0.429. The Hall–Kier alpha value is -4.05. The summed E-state index contributed by atoms with van der Waals surface area (Å²) >= 11 is 3.86. The second kappa shape index (κ2) is 14.2. The SMILES string of the molecule is CSN1CCN(c2ccc(Nc3nccc(-c4sc(N(C)C)nc4-c4ccc(F)c(NSc5c(F)cccc5F)c4)n3)cn2)CC1. The van der Waals surface area contributed by atoms with Crippen LogP contribution in [0.25, 0.3) is 21.8 Å². The maximum absolute atomic E-state index is 14.8. The molecule has 0 saturated carbocycles. The maximum atomic E-state index is 14.8. The van der Waals surface area contributed by atoms with E-state index >= 15 is 0 Å². The summed E-state index contributed by atoms with van der Waals surface area (Å²) < 4.78 is 48.3. The molecule has 2 aromatic carbocycles. The molecular formula is C31H30F3N9S3. The second-order valence-corrected chi connectivity index (χ2v) is 13.1. The van der Waals surface area contributed by atoms with Gasteiger partial charge in [0.2, 0.25) is 5.95 Å². The molecule has 4 heterocycles. The van der Waals surface area contributed by atoms with E-state index in [4.69, 9.17) is 9.97 Å². The van der Waals surface area contributed by atoms with Crippen molar-refractivity contribution in [2.24, 2.45) is 0 Å². The molecular weight excluding hydrogens is 652 g/mol. The van der Waals surface area contributed by atoms with Gasteiger partial charge in [0.25, 0.3) is 0 Å². The molecule has 5 aromatic rings. The average Bonchev–Trinajstić information content (AvgIpc) is 3.52. The predicted octanol–water partition coefficient (Wildman–Crippen LogP) is 7.41. The van der Waals surface area contributed by atoms with Crippen molar-refractivity contribution < 1.29 is 13.2 Å². The molecule has 9 nitrogen and oxygen atoms in total. The fraction of sp³-hybridized carbons (Fsp3) is 0.226. The molecule has 0 unspecified atom stereocenters. The average molecular weight is 682 g/mol. The van der Waals surface area contributed by atoms with Crippen molar-refractivity contribution in [3.05, 3.63) is 84.4 Å². The van der Waals surface area contributed by atoms with E-state index in [2.05, 4.69) is 35.5 Å². The van der Waals surface area contributed by atoms with Gasteiger partial charge in [-0.2, -0.15) is 0 Å². The van der Waals surface area contributed by atoms with E-state index < -0.39 is 17.5 Å². The summed E-state index contributed by atoms with van der Waals surface area (Å²) in [7, 11) is 3.77. The number of benzene rings is 2. The van der Waals surface area contributed by atoms with Crippen LogP contribution in [-0.4, -0.2) is 70.8 Å². The number of pyridine rings is 1. The number of piperazine rings is 1. The van der Waals surface area contributed by atoms with Crippen LogP contribution in [0.5, 0.6) is 0 Å². The van der Waals surface area contributed by atoms with Crippen LogP contribution in [0.15, 0.2) is 71.9 Å². The Bertz CT molecular complexity index is 1790. The quantitative estimate of drug-likeness (QED) is 0.145. The van der Waals surface area contributed by atoms with Gasteiger partial charge < -0.3 is 19.8 Å². The van der Waals surface area contributed by atoms with Crippen molar-refractivity contribution in [3.8, 4) is 21.8 Å². The molecule has 0 bridgehead atoms. The van der Waals surface area contributed by atoms with Gasteiger partial charge >= 0.3 is 0 Å². The van der Waals surface area contributed by atoms with Gasteiger partial charge in [0.15, 0.2) is 5.13 Å². The summed E-state index contributed by atoms with van der Waals surface area (Å²) in [6.07, 6.45) is 5.53. The van der Waals surface area contributed by atoms with Crippen LogP contribution in [0.3, 0.4) is 0 Å². The number of nitrogens with zero attached hydrogens (tertiary/aromatic N) is 7. The molecule has 6 rings (SSSR count). The van der Waals surface area contributed by atoms with Gasteiger partial charge in [0.05, 0.1) is 38.7 Å². The number of anilines is 5. The lowest BCUT2D eigenvalue weighted by Crippen LogP contribution is -2.43. The number of aromatic nitrogens is 4. The Morgan fingerprint density at radius 2 is 1.67 bits per heavy atom. The smallest absolute Gasteiger partial charge is 0.227 e. The molecule has 0 spiro atoms. The van der Waals surface area contributed by atoms with Gasteiger partial charge in [-0.25, -0.2) is 37.4 Å². The van der Waals surface area contributed by atoms with E-state index in [1.807, 2.05) is 31.1 Å². The standard InChI is InChI=1S/C31H30F3N9S3/c1-41(2)31-39-27(19-7-9-21(32)25(17-19)40-46-28-22(33)5-4-6-23(28)34)29(45-31)24-11-12-35-30(38-24)37-20-8-10-26(36-18-20)42-13-15-43(44-3)16-14-42/h4-12,17-18,40H,13-16H2,1-3H3,(H,35,37,38). The van der Waals surface area contributed by atoms with Gasteiger partial charge in [0.1, 0.15) is 23.3 Å². The minimum absolute atomic E-state index is 0.0580. The molecule has 2 N–H and O–H groups in total.